The van der Waals surface area contributed by atoms with Crippen LogP contribution >= 0.6 is 0 Å². The summed E-state index contributed by atoms with van der Waals surface area (Å²) in [5.74, 6) is 0. The van der Waals surface area contributed by atoms with Crippen molar-refractivity contribution in [3.05, 3.63) is 11.6 Å². The van der Waals surface area contributed by atoms with Gasteiger partial charge in [0.1, 0.15) is 0 Å². The highest BCUT2D eigenvalue weighted by molar-refractivity contribution is 5.21. The van der Waals surface area contributed by atoms with Crippen molar-refractivity contribution in [2.75, 3.05) is 6.54 Å². The molecule has 1 heteroatoms. The smallest absolute Gasteiger partial charge is 0.00685 e. The van der Waals surface area contributed by atoms with Crippen LogP contribution in [0.3, 0.4) is 0 Å². The Labute approximate surface area is 93.3 Å². The third-order valence-corrected chi connectivity index (χ3v) is 4.59. The fraction of sp³-hybridized carbons (Fsp3) is 0.857. The Kier molecular flexibility index (Phi) is 2.59. The van der Waals surface area contributed by atoms with E-state index in [9.17, 15) is 0 Å². The molecule has 0 saturated heterocycles. The van der Waals surface area contributed by atoms with Crippen molar-refractivity contribution in [3.63, 3.8) is 0 Å². The Bertz CT molecular complexity index is 259. The molecular formula is C14H23N. The van der Waals surface area contributed by atoms with Gasteiger partial charge in [-0.3, -0.25) is 0 Å². The van der Waals surface area contributed by atoms with Gasteiger partial charge >= 0.3 is 0 Å². The van der Waals surface area contributed by atoms with E-state index in [1.807, 2.05) is 5.57 Å². The molecule has 0 radical (unpaired) electrons. The predicted octanol–water partition coefficient (Wildman–Crippen LogP) is 3.41. The van der Waals surface area contributed by atoms with Gasteiger partial charge in [-0.15, -0.1) is 0 Å². The standard InChI is InChI=1S/C14H23N/c1-2-5-12(6-3-1)14(9-4-10-14)11-15-13-7-8-13/h5,13,15H,1-4,6-11H2. The lowest BCUT2D eigenvalue weighted by Gasteiger charge is -2.45. The van der Waals surface area contributed by atoms with Crippen LogP contribution in [0, 0.1) is 5.41 Å². The molecule has 0 unspecified atom stereocenters. The molecule has 0 aromatic heterocycles. The number of hydrogen-bond donors (Lipinski definition) is 1. The fourth-order valence-electron chi connectivity index (χ4n) is 3.16. The summed E-state index contributed by atoms with van der Waals surface area (Å²) in [5.41, 5.74) is 2.43. The summed E-state index contributed by atoms with van der Waals surface area (Å²) in [4.78, 5) is 0. The molecule has 3 rings (SSSR count). The second-order valence-electron chi connectivity index (χ2n) is 5.76. The summed E-state index contributed by atoms with van der Waals surface area (Å²) in [7, 11) is 0. The summed E-state index contributed by atoms with van der Waals surface area (Å²) in [6, 6.07) is 0.881. The summed E-state index contributed by atoms with van der Waals surface area (Å²) >= 11 is 0. The van der Waals surface area contributed by atoms with Gasteiger partial charge in [0, 0.05) is 18.0 Å². The van der Waals surface area contributed by atoms with Crippen LogP contribution in [0.5, 0.6) is 0 Å². The Morgan fingerprint density at radius 2 is 2.07 bits per heavy atom. The average Bonchev–Trinajstić information content (AvgIpc) is 3.02. The van der Waals surface area contributed by atoms with E-state index in [0.29, 0.717) is 5.41 Å². The molecule has 0 heterocycles. The minimum Gasteiger partial charge on any atom is -0.313 e. The van der Waals surface area contributed by atoms with Crippen LogP contribution in [-0.2, 0) is 0 Å². The van der Waals surface area contributed by atoms with Gasteiger partial charge in [-0.2, -0.15) is 0 Å². The zero-order valence-electron chi connectivity index (χ0n) is 9.73. The van der Waals surface area contributed by atoms with Crippen LogP contribution in [0.25, 0.3) is 0 Å². The first kappa shape index (κ1) is 9.89. The van der Waals surface area contributed by atoms with Gasteiger partial charge in [0.05, 0.1) is 0 Å². The van der Waals surface area contributed by atoms with Gasteiger partial charge < -0.3 is 5.32 Å². The zero-order valence-corrected chi connectivity index (χ0v) is 9.73. The summed E-state index contributed by atoms with van der Waals surface area (Å²) in [5, 5.41) is 3.76. The molecule has 15 heavy (non-hydrogen) atoms. The monoisotopic (exact) mass is 205 g/mol. The highest BCUT2D eigenvalue weighted by atomic mass is 15.0. The minimum atomic E-state index is 0.614. The minimum absolute atomic E-state index is 0.614. The van der Waals surface area contributed by atoms with E-state index < -0.39 is 0 Å². The fourth-order valence-corrected chi connectivity index (χ4v) is 3.16. The largest absolute Gasteiger partial charge is 0.313 e. The average molecular weight is 205 g/mol. The molecule has 1 N–H and O–H groups in total. The predicted molar refractivity (Wildman–Crippen MR) is 63.9 cm³/mol. The molecule has 0 aliphatic heterocycles. The molecule has 0 aromatic rings. The molecular weight excluding hydrogens is 182 g/mol. The maximum Gasteiger partial charge on any atom is 0.00685 e. The van der Waals surface area contributed by atoms with Crippen molar-refractivity contribution in [1.82, 2.24) is 5.32 Å². The number of rotatable bonds is 4. The number of nitrogens with one attached hydrogen (secondary N) is 1. The van der Waals surface area contributed by atoms with Crippen LogP contribution in [0.15, 0.2) is 11.6 Å². The highest BCUT2D eigenvalue weighted by Gasteiger charge is 2.40. The molecule has 0 amide bonds. The van der Waals surface area contributed by atoms with Gasteiger partial charge in [-0.25, -0.2) is 0 Å². The van der Waals surface area contributed by atoms with Crippen LogP contribution in [0.2, 0.25) is 0 Å². The molecule has 2 saturated carbocycles. The lowest BCUT2D eigenvalue weighted by Crippen LogP contribution is -2.42. The SMILES string of the molecule is C1=C(C2(CNC3CC3)CCC2)CCCC1. The van der Waals surface area contributed by atoms with Crippen LogP contribution in [0.1, 0.15) is 57.8 Å². The number of allylic oxidation sites excluding steroid dienone is 1. The quantitative estimate of drug-likeness (QED) is 0.694. The summed E-state index contributed by atoms with van der Waals surface area (Å²) in [6.07, 6.45) is 15.4. The molecule has 0 spiro atoms. The Balaban J connectivity index is 1.64. The zero-order chi connectivity index (χ0) is 10.1. The Morgan fingerprint density at radius 3 is 2.60 bits per heavy atom. The Morgan fingerprint density at radius 1 is 1.20 bits per heavy atom. The lowest BCUT2D eigenvalue weighted by atomic mass is 9.62. The van der Waals surface area contributed by atoms with E-state index in [0.717, 1.165) is 6.04 Å². The van der Waals surface area contributed by atoms with Gasteiger partial charge in [-0.05, 0) is 51.4 Å². The third-order valence-electron chi connectivity index (χ3n) is 4.59. The molecule has 0 aromatic carbocycles. The molecule has 1 nitrogen and oxygen atoms in total. The van der Waals surface area contributed by atoms with E-state index in [-0.39, 0.29) is 0 Å². The van der Waals surface area contributed by atoms with E-state index in [2.05, 4.69) is 11.4 Å². The van der Waals surface area contributed by atoms with E-state index in [4.69, 9.17) is 0 Å². The lowest BCUT2D eigenvalue weighted by molar-refractivity contribution is 0.170. The maximum absolute atomic E-state index is 3.76. The van der Waals surface area contributed by atoms with Crippen LogP contribution in [-0.4, -0.2) is 12.6 Å². The summed E-state index contributed by atoms with van der Waals surface area (Å²) in [6.45, 7) is 1.28. The van der Waals surface area contributed by atoms with Gasteiger partial charge in [0.25, 0.3) is 0 Å². The highest BCUT2D eigenvalue weighted by Crippen LogP contribution is 2.49. The van der Waals surface area contributed by atoms with E-state index in [1.165, 1.54) is 64.3 Å². The third kappa shape index (κ3) is 1.99. The van der Waals surface area contributed by atoms with Crippen molar-refractivity contribution < 1.29 is 0 Å². The van der Waals surface area contributed by atoms with Crippen molar-refractivity contribution in [2.45, 2.75) is 63.8 Å². The summed E-state index contributed by atoms with van der Waals surface area (Å²) < 4.78 is 0. The van der Waals surface area contributed by atoms with Crippen LogP contribution in [0.4, 0.5) is 0 Å². The van der Waals surface area contributed by atoms with Gasteiger partial charge in [-0.1, -0.05) is 18.1 Å². The van der Waals surface area contributed by atoms with Gasteiger partial charge in [0.2, 0.25) is 0 Å². The molecule has 2 fully saturated rings. The van der Waals surface area contributed by atoms with E-state index >= 15 is 0 Å². The molecule has 3 aliphatic rings. The number of hydrogen-bond acceptors (Lipinski definition) is 1. The second kappa shape index (κ2) is 3.93. The van der Waals surface area contributed by atoms with Crippen molar-refractivity contribution in [2.24, 2.45) is 5.41 Å². The molecule has 84 valence electrons. The first-order chi connectivity index (χ1) is 7.39. The molecule has 0 bridgehead atoms. The van der Waals surface area contributed by atoms with E-state index in [1.54, 1.807) is 0 Å². The molecule has 0 atom stereocenters. The normalized spacial score (nSPS) is 29.5. The first-order valence-electron chi connectivity index (χ1n) is 6.82. The van der Waals surface area contributed by atoms with Crippen molar-refractivity contribution in [3.8, 4) is 0 Å². The van der Waals surface area contributed by atoms with Gasteiger partial charge in [0.15, 0.2) is 0 Å². The van der Waals surface area contributed by atoms with Crippen molar-refractivity contribution >= 4 is 0 Å². The Hall–Kier alpha value is -0.300. The van der Waals surface area contributed by atoms with Crippen LogP contribution < -0.4 is 5.32 Å². The molecule has 3 aliphatic carbocycles. The second-order valence-corrected chi connectivity index (χ2v) is 5.76. The first-order valence-corrected chi connectivity index (χ1v) is 6.82. The maximum atomic E-state index is 3.76. The topological polar surface area (TPSA) is 12.0 Å². The van der Waals surface area contributed by atoms with Crippen molar-refractivity contribution in [1.29, 1.82) is 0 Å².